The van der Waals surface area contributed by atoms with Crippen molar-refractivity contribution in [1.82, 2.24) is 19.5 Å². The normalized spacial score (nSPS) is 12.1. The summed E-state index contributed by atoms with van der Waals surface area (Å²) in [5, 5.41) is 1.42. The highest BCUT2D eigenvalue weighted by Crippen LogP contribution is 2.35. The van der Waals surface area contributed by atoms with Crippen molar-refractivity contribution < 1.29 is 9.21 Å². The molecule has 6 rings (SSSR count). The topological polar surface area (TPSA) is 77.1 Å². The van der Waals surface area contributed by atoms with Crippen molar-refractivity contribution in [2.24, 2.45) is 7.05 Å². The highest BCUT2D eigenvalue weighted by Gasteiger charge is 2.29. The second-order valence-electron chi connectivity index (χ2n) is 8.82. The number of halogens is 1. The van der Waals surface area contributed by atoms with E-state index in [2.05, 4.69) is 34.2 Å². The molecule has 0 aliphatic heterocycles. The summed E-state index contributed by atoms with van der Waals surface area (Å²) < 4.78 is 8.09. The quantitative estimate of drug-likeness (QED) is 0.195. The van der Waals surface area contributed by atoms with Gasteiger partial charge in [-0.2, -0.15) is 0 Å². The second kappa shape index (κ2) is 10.2. The van der Waals surface area contributed by atoms with Crippen molar-refractivity contribution in [2.75, 3.05) is 4.90 Å². The number of imidazole rings is 1. The van der Waals surface area contributed by atoms with Crippen LogP contribution in [0.15, 0.2) is 95.2 Å². The summed E-state index contributed by atoms with van der Waals surface area (Å²) >= 11 is 7.78. The summed E-state index contributed by atoms with van der Waals surface area (Å²) in [5.74, 6) is 1.12. The predicted molar refractivity (Wildman–Crippen MR) is 150 cm³/mol. The van der Waals surface area contributed by atoms with E-state index in [4.69, 9.17) is 21.0 Å². The van der Waals surface area contributed by atoms with Gasteiger partial charge in [0.25, 0.3) is 0 Å². The highest BCUT2D eigenvalue weighted by molar-refractivity contribution is 7.13. The first-order chi connectivity index (χ1) is 18.6. The van der Waals surface area contributed by atoms with Crippen molar-refractivity contribution in [3.63, 3.8) is 0 Å². The summed E-state index contributed by atoms with van der Waals surface area (Å²) in [7, 11) is 1.96. The third kappa shape index (κ3) is 4.60. The number of furan rings is 1. The fraction of sp³-hybridized carbons (Fsp3) is 0.103. The number of hydrogen-bond acceptors (Lipinski definition) is 6. The second-order valence-corrected chi connectivity index (χ2v) is 10.1. The van der Waals surface area contributed by atoms with Crippen LogP contribution in [0, 0.1) is 0 Å². The standard InChI is InChI=1S/C29H22ClN5O2S/c1-34-25(19-5-7-20(8-6-19)27-16-31-17-38-27)15-33-29(34)24(14-23-4-2-3-11-32-23)35(18-36)28-13-21-12-22(30)9-10-26(21)37-28/h2-13,15-18,24H,14H2,1H3. The number of aromatic nitrogens is 4. The number of carbonyl (C=O) groups excluding carboxylic acids is 1. The van der Waals surface area contributed by atoms with E-state index in [1.807, 2.05) is 59.9 Å². The lowest BCUT2D eigenvalue weighted by atomic mass is 10.1. The maximum Gasteiger partial charge on any atom is 0.217 e. The van der Waals surface area contributed by atoms with Gasteiger partial charge in [-0.1, -0.05) is 41.9 Å². The molecule has 188 valence electrons. The first kappa shape index (κ1) is 24.1. The molecule has 0 saturated carbocycles. The van der Waals surface area contributed by atoms with Crippen LogP contribution in [-0.4, -0.2) is 25.9 Å². The molecule has 7 nitrogen and oxygen atoms in total. The monoisotopic (exact) mass is 539 g/mol. The fourth-order valence-corrected chi connectivity index (χ4v) is 5.41. The lowest BCUT2D eigenvalue weighted by Gasteiger charge is -2.26. The molecule has 0 saturated heterocycles. The van der Waals surface area contributed by atoms with Crippen molar-refractivity contribution >= 4 is 46.2 Å². The van der Waals surface area contributed by atoms with Crippen LogP contribution in [0.1, 0.15) is 17.6 Å². The molecule has 6 aromatic rings. The number of rotatable bonds is 8. The Hall–Kier alpha value is -4.27. The zero-order chi connectivity index (χ0) is 26.1. The first-order valence-electron chi connectivity index (χ1n) is 11.9. The molecular formula is C29H22ClN5O2S. The molecule has 4 heterocycles. The van der Waals surface area contributed by atoms with Gasteiger partial charge in [-0.15, -0.1) is 11.3 Å². The number of nitrogens with zero attached hydrogens (tertiary/aromatic N) is 5. The van der Waals surface area contributed by atoms with Gasteiger partial charge in [0.05, 0.1) is 22.3 Å². The predicted octanol–water partition coefficient (Wildman–Crippen LogP) is 6.95. The van der Waals surface area contributed by atoms with E-state index in [0.717, 1.165) is 39.2 Å². The zero-order valence-electron chi connectivity index (χ0n) is 20.4. The Labute approximate surface area is 228 Å². The SMILES string of the molecule is Cn1c(-c2ccc(-c3cncs3)cc2)cnc1C(Cc1ccccn1)N(C=O)c1cc2cc(Cl)ccc2o1. The summed E-state index contributed by atoms with van der Waals surface area (Å²) in [4.78, 5) is 28.7. The molecule has 0 bridgehead atoms. The molecule has 4 aromatic heterocycles. The molecule has 2 aromatic carbocycles. The van der Waals surface area contributed by atoms with Gasteiger partial charge >= 0.3 is 0 Å². The van der Waals surface area contributed by atoms with Crippen molar-refractivity contribution in [3.8, 4) is 21.7 Å². The first-order valence-corrected chi connectivity index (χ1v) is 13.2. The highest BCUT2D eigenvalue weighted by atomic mass is 35.5. The van der Waals surface area contributed by atoms with Crippen LogP contribution in [-0.2, 0) is 18.3 Å². The Kier molecular flexibility index (Phi) is 6.49. The van der Waals surface area contributed by atoms with E-state index in [0.29, 0.717) is 28.7 Å². The van der Waals surface area contributed by atoms with Gasteiger partial charge in [-0.05, 0) is 41.5 Å². The summed E-state index contributed by atoms with van der Waals surface area (Å²) in [5.41, 5.74) is 6.38. The molecule has 0 spiro atoms. The van der Waals surface area contributed by atoms with E-state index < -0.39 is 6.04 Å². The van der Waals surface area contributed by atoms with E-state index in [9.17, 15) is 4.79 Å². The fourth-order valence-electron chi connectivity index (χ4n) is 4.60. The maximum atomic E-state index is 12.6. The van der Waals surface area contributed by atoms with E-state index in [1.165, 1.54) is 0 Å². The summed E-state index contributed by atoms with van der Waals surface area (Å²) in [6, 6.07) is 20.8. The van der Waals surface area contributed by atoms with Gasteiger partial charge in [0, 0.05) is 48.0 Å². The smallest absolute Gasteiger partial charge is 0.217 e. The zero-order valence-corrected chi connectivity index (χ0v) is 21.9. The molecule has 9 heteroatoms. The van der Waals surface area contributed by atoms with Crippen LogP contribution in [0.5, 0.6) is 0 Å². The molecule has 0 N–H and O–H groups in total. The van der Waals surface area contributed by atoms with Gasteiger partial charge in [-0.3, -0.25) is 19.7 Å². The van der Waals surface area contributed by atoms with Crippen molar-refractivity contribution in [3.05, 3.63) is 107 Å². The number of pyridine rings is 1. The van der Waals surface area contributed by atoms with Gasteiger partial charge in [-0.25, -0.2) is 4.98 Å². The Morgan fingerprint density at radius 1 is 1.05 bits per heavy atom. The molecule has 0 radical (unpaired) electrons. The number of fused-ring (bicyclic) bond motifs is 1. The van der Waals surface area contributed by atoms with Crippen LogP contribution in [0.2, 0.25) is 5.02 Å². The third-order valence-corrected chi connectivity index (χ3v) is 7.57. The van der Waals surface area contributed by atoms with E-state index in [-0.39, 0.29) is 0 Å². The number of benzene rings is 2. The van der Waals surface area contributed by atoms with Crippen LogP contribution in [0.25, 0.3) is 32.7 Å². The maximum absolute atomic E-state index is 12.6. The average Bonchev–Trinajstić information content (AvgIpc) is 3.69. The molecule has 38 heavy (non-hydrogen) atoms. The number of carbonyl (C=O) groups is 1. The molecule has 0 aliphatic carbocycles. The van der Waals surface area contributed by atoms with Crippen LogP contribution in [0.4, 0.5) is 5.88 Å². The molecule has 1 amide bonds. The van der Waals surface area contributed by atoms with Crippen LogP contribution < -0.4 is 4.90 Å². The Morgan fingerprint density at radius 2 is 1.89 bits per heavy atom. The van der Waals surface area contributed by atoms with Gasteiger partial charge in [0.1, 0.15) is 17.4 Å². The van der Waals surface area contributed by atoms with Crippen LogP contribution >= 0.6 is 22.9 Å². The largest absolute Gasteiger partial charge is 0.440 e. The minimum absolute atomic E-state index is 0.414. The third-order valence-electron chi connectivity index (χ3n) is 6.52. The van der Waals surface area contributed by atoms with Crippen molar-refractivity contribution in [2.45, 2.75) is 12.5 Å². The van der Waals surface area contributed by atoms with E-state index in [1.54, 1.807) is 34.6 Å². The van der Waals surface area contributed by atoms with Gasteiger partial charge in [0.15, 0.2) is 0 Å². The van der Waals surface area contributed by atoms with E-state index >= 15 is 0 Å². The Bertz CT molecular complexity index is 1690. The number of amides is 1. The van der Waals surface area contributed by atoms with Crippen molar-refractivity contribution in [1.29, 1.82) is 0 Å². The molecule has 0 aliphatic rings. The van der Waals surface area contributed by atoms with Gasteiger partial charge < -0.3 is 8.98 Å². The Balaban J connectivity index is 1.40. The number of hydrogen-bond donors (Lipinski definition) is 0. The minimum Gasteiger partial charge on any atom is -0.440 e. The lowest BCUT2D eigenvalue weighted by molar-refractivity contribution is -0.108. The number of anilines is 1. The Morgan fingerprint density at radius 3 is 2.63 bits per heavy atom. The molecule has 1 unspecified atom stereocenters. The molecule has 0 fully saturated rings. The van der Waals surface area contributed by atoms with Gasteiger partial charge in [0.2, 0.25) is 12.3 Å². The lowest BCUT2D eigenvalue weighted by Crippen LogP contribution is -2.31. The summed E-state index contributed by atoms with van der Waals surface area (Å²) in [6.45, 7) is 0. The molecule has 1 atom stereocenters. The van der Waals surface area contributed by atoms with Crippen LogP contribution in [0.3, 0.4) is 0 Å². The molecular weight excluding hydrogens is 518 g/mol. The minimum atomic E-state index is -0.464. The average molecular weight is 540 g/mol. The summed E-state index contributed by atoms with van der Waals surface area (Å²) in [6.07, 6.45) is 6.68. The number of thiazole rings is 1.